The fraction of sp³-hybridized carbons (Fsp3) is 0.222. The standard InChI is InChI=1S/C18H18N2O4.ClH/c1-3-23-14-7-8-15-16(10-14)20(2)17(19-15)11-24-13-6-4-5-12(9-13)18(21)22;/h4-10H,3,11H2,1-2H3,(H,21,22);1H. The van der Waals surface area contributed by atoms with Gasteiger partial charge in [-0.05, 0) is 37.3 Å². The molecule has 25 heavy (non-hydrogen) atoms. The van der Waals surface area contributed by atoms with Crippen LogP contribution in [0.4, 0.5) is 0 Å². The molecule has 0 aliphatic rings. The zero-order valence-electron chi connectivity index (χ0n) is 13.9. The highest BCUT2D eigenvalue weighted by atomic mass is 35.5. The molecule has 0 atom stereocenters. The van der Waals surface area contributed by atoms with Crippen molar-refractivity contribution in [2.45, 2.75) is 13.5 Å². The number of carboxylic acids is 1. The molecule has 0 saturated carbocycles. The summed E-state index contributed by atoms with van der Waals surface area (Å²) in [4.78, 5) is 15.6. The first-order valence-corrected chi connectivity index (χ1v) is 7.63. The second kappa shape index (κ2) is 7.90. The van der Waals surface area contributed by atoms with Crippen LogP contribution in [-0.2, 0) is 13.7 Å². The van der Waals surface area contributed by atoms with E-state index in [2.05, 4.69) is 4.98 Å². The van der Waals surface area contributed by atoms with Gasteiger partial charge in [0, 0.05) is 13.1 Å². The topological polar surface area (TPSA) is 73.6 Å². The second-order valence-corrected chi connectivity index (χ2v) is 5.29. The molecule has 0 aliphatic carbocycles. The van der Waals surface area contributed by atoms with Gasteiger partial charge in [-0.3, -0.25) is 0 Å². The van der Waals surface area contributed by atoms with Crippen LogP contribution in [0.15, 0.2) is 42.5 Å². The van der Waals surface area contributed by atoms with Gasteiger partial charge in [-0.2, -0.15) is 0 Å². The molecule has 6 nitrogen and oxygen atoms in total. The Hall–Kier alpha value is -2.73. The van der Waals surface area contributed by atoms with Gasteiger partial charge in [-0.15, -0.1) is 12.4 Å². The summed E-state index contributed by atoms with van der Waals surface area (Å²) >= 11 is 0. The Labute approximate surface area is 151 Å². The van der Waals surface area contributed by atoms with Crippen LogP contribution in [0.3, 0.4) is 0 Å². The van der Waals surface area contributed by atoms with Crippen LogP contribution >= 0.6 is 12.4 Å². The van der Waals surface area contributed by atoms with Gasteiger partial charge in [0.05, 0.1) is 23.2 Å². The quantitative estimate of drug-likeness (QED) is 0.724. The lowest BCUT2D eigenvalue weighted by Gasteiger charge is -2.07. The van der Waals surface area contributed by atoms with E-state index in [9.17, 15) is 4.79 Å². The number of imidazole rings is 1. The first-order valence-electron chi connectivity index (χ1n) is 7.63. The van der Waals surface area contributed by atoms with Crippen molar-refractivity contribution in [2.75, 3.05) is 6.61 Å². The van der Waals surface area contributed by atoms with Crippen LogP contribution < -0.4 is 9.47 Å². The zero-order chi connectivity index (χ0) is 17.1. The summed E-state index contributed by atoms with van der Waals surface area (Å²) in [6, 6.07) is 12.1. The number of aromatic carboxylic acids is 1. The molecule has 1 N–H and O–H groups in total. The molecule has 3 rings (SSSR count). The summed E-state index contributed by atoms with van der Waals surface area (Å²) in [6.07, 6.45) is 0. The van der Waals surface area contributed by atoms with Crippen LogP contribution in [0.25, 0.3) is 11.0 Å². The number of aromatic nitrogens is 2. The van der Waals surface area contributed by atoms with Crippen LogP contribution in [0, 0.1) is 0 Å². The van der Waals surface area contributed by atoms with Gasteiger partial charge in [0.2, 0.25) is 0 Å². The molecule has 0 aliphatic heterocycles. The smallest absolute Gasteiger partial charge is 0.335 e. The number of halogens is 1. The lowest BCUT2D eigenvalue weighted by Crippen LogP contribution is -2.04. The third kappa shape index (κ3) is 4.03. The summed E-state index contributed by atoms with van der Waals surface area (Å²) in [6.45, 7) is 2.80. The Morgan fingerprint density at radius 3 is 2.64 bits per heavy atom. The Bertz CT molecular complexity index is 892. The number of fused-ring (bicyclic) bond motifs is 1. The van der Waals surface area contributed by atoms with Crippen molar-refractivity contribution in [3.63, 3.8) is 0 Å². The number of ether oxygens (including phenoxy) is 2. The third-order valence-electron chi connectivity index (χ3n) is 3.70. The fourth-order valence-corrected chi connectivity index (χ4v) is 2.47. The average Bonchev–Trinajstić information content (AvgIpc) is 2.89. The van der Waals surface area contributed by atoms with Gasteiger partial charge in [0.15, 0.2) is 0 Å². The highest BCUT2D eigenvalue weighted by Crippen LogP contribution is 2.22. The Kier molecular flexibility index (Phi) is 5.88. The number of nitrogens with zero attached hydrogens (tertiary/aromatic N) is 2. The lowest BCUT2D eigenvalue weighted by molar-refractivity contribution is 0.0696. The molecule has 132 valence electrons. The molecular formula is C18H19ClN2O4. The predicted octanol–water partition coefficient (Wildman–Crippen LogP) is 3.67. The van der Waals surface area contributed by atoms with E-state index in [1.165, 1.54) is 12.1 Å². The third-order valence-corrected chi connectivity index (χ3v) is 3.70. The largest absolute Gasteiger partial charge is 0.494 e. The van der Waals surface area contributed by atoms with Crippen molar-refractivity contribution in [2.24, 2.45) is 7.05 Å². The van der Waals surface area contributed by atoms with E-state index in [0.29, 0.717) is 12.4 Å². The Morgan fingerprint density at radius 2 is 1.92 bits per heavy atom. The molecule has 0 radical (unpaired) electrons. The molecule has 0 amide bonds. The van der Waals surface area contributed by atoms with E-state index in [4.69, 9.17) is 14.6 Å². The van der Waals surface area contributed by atoms with E-state index >= 15 is 0 Å². The maximum atomic E-state index is 11.0. The summed E-state index contributed by atoms with van der Waals surface area (Å²) in [5.74, 6) is 1.07. The molecule has 0 saturated heterocycles. The van der Waals surface area contributed by atoms with Crippen LogP contribution in [-0.4, -0.2) is 27.2 Å². The van der Waals surface area contributed by atoms with Crippen molar-refractivity contribution >= 4 is 29.4 Å². The van der Waals surface area contributed by atoms with E-state index in [0.717, 1.165) is 22.6 Å². The highest BCUT2D eigenvalue weighted by molar-refractivity contribution is 5.88. The van der Waals surface area contributed by atoms with Gasteiger partial charge in [0.1, 0.15) is 23.9 Å². The van der Waals surface area contributed by atoms with Gasteiger partial charge in [-0.1, -0.05) is 6.07 Å². The van der Waals surface area contributed by atoms with Gasteiger partial charge < -0.3 is 19.1 Å². The summed E-state index contributed by atoms with van der Waals surface area (Å²) in [5.41, 5.74) is 2.01. The van der Waals surface area contributed by atoms with Gasteiger partial charge in [0.25, 0.3) is 0 Å². The Balaban J connectivity index is 0.00000225. The fourth-order valence-electron chi connectivity index (χ4n) is 2.47. The minimum absolute atomic E-state index is 0. The Morgan fingerprint density at radius 1 is 1.16 bits per heavy atom. The van der Waals surface area contributed by atoms with Crippen LogP contribution in [0.5, 0.6) is 11.5 Å². The number of rotatable bonds is 6. The van der Waals surface area contributed by atoms with Crippen molar-refractivity contribution in [3.05, 3.63) is 53.9 Å². The first kappa shape index (κ1) is 18.6. The maximum Gasteiger partial charge on any atom is 0.335 e. The van der Waals surface area contributed by atoms with E-state index in [-0.39, 0.29) is 24.6 Å². The molecule has 0 unspecified atom stereocenters. The predicted molar refractivity (Wildman–Crippen MR) is 96.9 cm³/mol. The minimum atomic E-state index is -0.980. The van der Waals surface area contributed by atoms with Crippen molar-refractivity contribution < 1.29 is 19.4 Å². The van der Waals surface area contributed by atoms with Crippen molar-refractivity contribution in [3.8, 4) is 11.5 Å². The monoisotopic (exact) mass is 362 g/mol. The van der Waals surface area contributed by atoms with Crippen molar-refractivity contribution in [1.29, 1.82) is 0 Å². The van der Waals surface area contributed by atoms with E-state index < -0.39 is 5.97 Å². The minimum Gasteiger partial charge on any atom is -0.494 e. The molecule has 0 bridgehead atoms. The van der Waals surface area contributed by atoms with Crippen LogP contribution in [0.2, 0.25) is 0 Å². The molecule has 0 fully saturated rings. The molecule has 1 heterocycles. The normalized spacial score (nSPS) is 10.3. The van der Waals surface area contributed by atoms with Crippen LogP contribution in [0.1, 0.15) is 23.1 Å². The number of carboxylic acid groups (broad SMARTS) is 1. The molecule has 7 heteroatoms. The molecule has 3 aromatic rings. The summed E-state index contributed by atoms with van der Waals surface area (Å²) in [5, 5.41) is 9.02. The number of hydrogen-bond acceptors (Lipinski definition) is 4. The molecular weight excluding hydrogens is 344 g/mol. The maximum absolute atomic E-state index is 11.0. The lowest BCUT2D eigenvalue weighted by atomic mass is 10.2. The summed E-state index contributed by atoms with van der Waals surface area (Å²) in [7, 11) is 1.91. The molecule has 1 aromatic heterocycles. The summed E-state index contributed by atoms with van der Waals surface area (Å²) < 4.78 is 13.2. The van der Waals surface area contributed by atoms with E-state index in [1.807, 2.05) is 36.7 Å². The number of hydrogen-bond donors (Lipinski definition) is 1. The molecule has 0 spiro atoms. The van der Waals surface area contributed by atoms with Crippen molar-refractivity contribution in [1.82, 2.24) is 9.55 Å². The first-order chi connectivity index (χ1) is 11.6. The number of benzene rings is 2. The SMILES string of the molecule is CCOc1ccc2nc(COc3cccc(C(=O)O)c3)n(C)c2c1.Cl. The average molecular weight is 363 g/mol. The number of carbonyl (C=O) groups is 1. The second-order valence-electron chi connectivity index (χ2n) is 5.29. The van der Waals surface area contributed by atoms with E-state index in [1.54, 1.807) is 12.1 Å². The zero-order valence-corrected chi connectivity index (χ0v) is 14.7. The highest BCUT2D eigenvalue weighted by Gasteiger charge is 2.10. The van der Waals surface area contributed by atoms with Gasteiger partial charge >= 0.3 is 5.97 Å². The van der Waals surface area contributed by atoms with Gasteiger partial charge in [-0.25, -0.2) is 9.78 Å². The number of aryl methyl sites for hydroxylation is 1. The molecule has 2 aromatic carbocycles.